The average molecular weight is 255 g/mol. The van der Waals surface area contributed by atoms with Gasteiger partial charge in [-0.25, -0.2) is 0 Å². The molecule has 3 N–H and O–H groups in total. The van der Waals surface area contributed by atoms with Gasteiger partial charge in [-0.05, 0) is 12.8 Å². The number of hydrogen-bond donors (Lipinski definition) is 2. The molecule has 5 heteroatoms. The normalized spacial score (nSPS) is 27.1. The summed E-state index contributed by atoms with van der Waals surface area (Å²) in [5, 5.41) is 3.15. The van der Waals surface area contributed by atoms with Crippen molar-refractivity contribution in [1.29, 1.82) is 0 Å². The molecule has 0 aromatic rings. The molecular formula is C13H25N3O2. The number of nitrogens with two attached hydrogens (primary N) is 1. The fourth-order valence-electron chi connectivity index (χ4n) is 2.82. The highest BCUT2D eigenvalue weighted by Crippen LogP contribution is 2.17. The summed E-state index contributed by atoms with van der Waals surface area (Å²) >= 11 is 0. The molecule has 0 aromatic heterocycles. The van der Waals surface area contributed by atoms with E-state index in [0.29, 0.717) is 32.3 Å². The first-order valence-electron chi connectivity index (χ1n) is 7.11. The minimum Gasteiger partial charge on any atom is -0.378 e. The summed E-state index contributed by atoms with van der Waals surface area (Å²) in [6, 6.07) is 0.583. The number of morpholine rings is 1. The van der Waals surface area contributed by atoms with Crippen LogP contribution in [-0.4, -0.2) is 55.7 Å². The van der Waals surface area contributed by atoms with Gasteiger partial charge < -0.3 is 15.8 Å². The summed E-state index contributed by atoms with van der Waals surface area (Å²) in [5.41, 5.74) is 5.70. The highest BCUT2D eigenvalue weighted by molar-refractivity contribution is 5.78. The van der Waals surface area contributed by atoms with Crippen LogP contribution in [-0.2, 0) is 9.53 Å². The topological polar surface area (TPSA) is 67.6 Å². The Balaban J connectivity index is 1.75. The van der Waals surface area contributed by atoms with E-state index in [1.54, 1.807) is 0 Å². The Morgan fingerprint density at radius 3 is 2.83 bits per heavy atom. The largest absolute Gasteiger partial charge is 0.378 e. The molecule has 5 nitrogen and oxygen atoms in total. The first-order chi connectivity index (χ1) is 8.79. The molecule has 2 rings (SSSR count). The zero-order chi connectivity index (χ0) is 12.8. The average Bonchev–Trinajstić information content (AvgIpc) is 2.40. The predicted octanol–water partition coefficient (Wildman–Crippen LogP) is 0.0948. The lowest BCUT2D eigenvalue weighted by molar-refractivity contribution is -0.125. The molecule has 2 fully saturated rings. The van der Waals surface area contributed by atoms with Gasteiger partial charge in [-0.1, -0.05) is 19.3 Å². The monoisotopic (exact) mass is 255 g/mol. The van der Waals surface area contributed by atoms with Crippen LogP contribution in [0.3, 0.4) is 0 Å². The maximum atomic E-state index is 12.0. The maximum absolute atomic E-state index is 12.0. The SMILES string of the molecule is NCC1COCCN1CC(=O)NC1CCCCC1. The lowest BCUT2D eigenvalue weighted by Gasteiger charge is -2.34. The molecular weight excluding hydrogens is 230 g/mol. The molecule has 1 aliphatic carbocycles. The Hall–Kier alpha value is -0.650. The second kappa shape index (κ2) is 7.07. The zero-order valence-electron chi connectivity index (χ0n) is 11.1. The third kappa shape index (κ3) is 3.93. The molecule has 1 unspecified atom stereocenters. The van der Waals surface area contributed by atoms with Crippen molar-refractivity contribution >= 4 is 5.91 Å². The number of ether oxygens (including phenoxy) is 1. The van der Waals surface area contributed by atoms with Crippen LogP contribution in [0.2, 0.25) is 0 Å². The number of nitrogens with one attached hydrogen (secondary N) is 1. The first-order valence-corrected chi connectivity index (χ1v) is 7.11. The summed E-state index contributed by atoms with van der Waals surface area (Å²) in [5.74, 6) is 0.141. The standard InChI is InChI=1S/C13H25N3O2/c14-8-12-10-18-7-6-16(12)9-13(17)15-11-4-2-1-3-5-11/h11-12H,1-10,14H2,(H,15,17). The van der Waals surface area contributed by atoms with E-state index in [1.165, 1.54) is 19.3 Å². The first kappa shape index (κ1) is 13.8. The minimum atomic E-state index is 0.141. The van der Waals surface area contributed by atoms with Crippen molar-refractivity contribution in [2.75, 3.05) is 32.8 Å². The van der Waals surface area contributed by atoms with E-state index in [9.17, 15) is 4.79 Å². The Bertz CT molecular complexity index is 267. The van der Waals surface area contributed by atoms with Gasteiger partial charge in [-0.15, -0.1) is 0 Å². The van der Waals surface area contributed by atoms with Crippen LogP contribution < -0.4 is 11.1 Å². The van der Waals surface area contributed by atoms with Crippen molar-refractivity contribution in [3.8, 4) is 0 Å². The van der Waals surface area contributed by atoms with Gasteiger partial charge in [-0.3, -0.25) is 9.69 Å². The number of carbonyl (C=O) groups excluding carboxylic acids is 1. The molecule has 0 spiro atoms. The van der Waals surface area contributed by atoms with Crippen LogP contribution >= 0.6 is 0 Å². The van der Waals surface area contributed by atoms with Crippen LogP contribution in [0, 0.1) is 0 Å². The van der Waals surface area contributed by atoms with Crippen molar-refractivity contribution in [1.82, 2.24) is 10.2 Å². The summed E-state index contributed by atoms with van der Waals surface area (Å²) in [6.07, 6.45) is 6.07. The highest BCUT2D eigenvalue weighted by atomic mass is 16.5. The number of amides is 1. The Kier molecular flexibility index (Phi) is 5.41. The van der Waals surface area contributed by atoms with Gasteiger partial charge >= 0.3 is 0 Å². The van der Waals surface area contributed by atoms with E-state index in [1.807, 2.05) is 0 Å². The molecule has 2 aliphatic rings. The van der Waals surface area contributed by atoms with E-state index in [4.69, 9.17) is 10.5 Å². The number of rotatable bonds is 4. The molecule has 0 aromatic carbocycles. The van der Waals surface area contributed by atoms with Gasteiger partial charge in [0, 0.05) is 25.2 Å². The van der Waals surface area contributed by atoms with Crippen molar-refractivity contribution in [2.24, 2.45) is 5.73 Å². The Morgan fingerprint density at radius 2 is 2.11 bits per heavy atom. The van der Waals surface area contributed by atoms with E-state index in [0.717, 1.165) is 19.4 Å². The lowest BCUT2D eigenvalue weighted by atomic mass is 9.95. The fraction of sp³-hybridized carbons (Fsp3) is 0.923. The second-order valence-electron chi connectivity index (χ2n) is 5.34. The van der Waals surface area contributed by atoms with Crippen molar-refractivity contribution in [3.63, 3.8) is 0 Å². The van der Waals surface area contributed by atoms with Crippen LogP contribution in [0.1, 0.15) is 32.1 Å². The zero-order valence-corrected chi connectivity index (χ0v) is 11.1. The van der Waals surface area contributed by atoms with Gasteiger partial charge in [0.1, 0.15) is 0 Å². The van der Waals surface area contributed by atoms with Crippen molar-refractivity contribution in [2.45, 2.75) is 44.2 Å². The summed E-state index contributed by atoms with van der Waals surface area (Å²) < 4.78 is 5.38. The van der Waals surface area contributed by atoms with Gasteiger partial charge in [0.15, 0.2) is 0 Å². The minimum absolute atomic E-state index is 0.141. The quantitative estimate of drug-likeness (QED) is 0.747. The van der Waals surface area contributed by atoms with Gasteiger partial charge in [0.2, 0.25) is 5.91 Å². The molecule has 1 aliphatic heterocycles. The maximum Gasteiger partial charge on any atom is 0.234 e. The molecule has 1 saturated heterocycles. The third-order valence-corrected chi connectivity index (χ3v) is 3.94. The Morgan fingerprint density at radius 1 is 1.33 bits per heavy atom. The molecule has 1 amide bonds. The van der Waals surface area contributed by atoms with Gasteiger partial charge in [-0.2, -0.15) is 0 Å². The molecule has 1 atom stereocenters. The van der Waals surface area contributed by atoms with E-state index < -0.39 is 0 Å². The Labute approximate surface area is 109 Å². The van der Waals surface area contributed by atoms with E-state index >= 15 is 0 Å². The van der Waals surface area contributed by atoms with Crippen LogP contribution in [0.15, 0.2) is 0 Å². The molecule has 104 valence electrons. The molecule has 1 heterocycles. The number of carbonyl (C=O) groups is 1. The van der Waals surface area contributed by atoms with Crippen LogP contribution in [0.5, 0.6) is 0 Å². The summed E-state index contributed by atoms with van der Waals surface area (Å²) in [6.45, 7) is 3.17. The number of hydrogen-bond acceptors (Lipinski definition) is 4. The highest BCUT2D eigenvalue weighted by Gasteiger charge is 2.24. The molecule has 1 saturated carbocycles. The molecule has 18 heavy (non-hydrogen) atoms. The third-order valence-electron chi connectivity index (χ3n) is 3.94. The van der Waals surface area contributed by atoms with Crippen molar-refractivity contribution in [3.05, 3.63) is 0 Å². The molecule has 0 bridgehead atoms. The summed E-state index contributed by atoms with van der Waals surface area (Å²) in [4.78, 5) is 14.1. The van der Waals surface area contributed by atoms with Crippen LogP contribution in [0.4, 0.5) is 0 Å². The van der Waals surface area contributed by atoms with Crippen LogP contribution in [0.25, 0.3) is 0 Å². The predicted molar refractivity (Wildman–Crippen MR) is 70.3 cm³/mol. The fourth-order valence-corrected chi connectivity index (χ4v) is 2.82. The number of nitrogens with zero attached hydrogens (tertiary/aromatic N) is 1. The van der Waals surface area contributed by atoms with Gasteiger partial charge in [0.05, 0.1) is 19.8 Å². The van der Waals surface area contributed by atoms with E-state index in [-0.39, 0.29) is 11.9 Å². The summed E-state index contributed by atoms with van der Waals surface area (Å²) in [7, 11) is 0. The van der Waals surface area contributed by atoms with Gasteiger partial charge in [0.25, 0.3) is 0 Å². The lowest BCUT2D eigenvalue weighted by Crippen LogP contribution is -2.53. The smallest absolute Gasteiger partial charge is 0.234 e. The molecule has 0 radical (unpaired) electrons. The van der Waals surface area contributed by atoms with E-state index in [2.05, 4.69) is 10.2 Å². The van der Waals surface area contributed by atoms with Crippen molar-refractivity contribution < 1.29 is 9.53 Å². The second-order valence-corrected chi connectivity index (χ2v) is 5.34.